The first-order valence-corrected chi connectivity index (χ1v) is 29.6. The quantitative estimate of drug-likeness (QED) is 0.0690. The number of allylic oxidation sites excluding steroid dienone is 19. The molecule has 2 unspecified atom stereocenters. The van der Waals surface area contributed by atoms with Gasteiger partial charge in [0.25, 0.3) is 6.71 Å². The summed E-state index contributed by atoms with van der Waals surface area (Å²) in [4.78, 5) is 0. The zero-order valence-electron chi connectivity index (χ0n) is 51.5. The Morgan fingerprint density at radius 3 is 1.95 bits per heavy atom. The highest BCUT2D eigenvalue weighted by Gasteiger charge is 2.32. The molecule has 0 amide bonds. The monoisotopic (exact) mass is 1050 g/mol. The van der Waals surface area contributed by atoms with Gasteiger partial charge in [-0.3, -0.25) is 0 Å². The molecule has 2 nitrogen and oxygen atoms in total. The zero-order valence-corrected chi connectivity index (χ0v) is 52.3. The molecule has 0 aliphatic heterocycles. The molecule has 0 spiro atoms. The summed E-state index contributed by atoms with van der Waals surface area (Å²) in [5.41, 5.74) is 15.4. The molecule has 0 radical (unpaired) electrons. The van der Waals surface area contributed by atoms with E-state index in [4.69, 9.17) is 6.58 Å². The molecule has 1 aromatic heterocycles. The van der Waals surface area contributed by atoms with Crippen molar-refractivity contribution in [2.24, 2.45) is 22.2 Å². The summed E-state index contributed by atoms with van der Waals surface area (Å²) in [6, 6.07) is 17.2. The second-order valence-electron chi connectivity index (χ2n) is 26.1. The maximum Gasteiger partial charge on any atom is 0.258 e. The van der Waals surface area contributed by atoms with Gasteiger partial charge in [0.1, 0.15) is 0 Å². The van der Waals surface area contributed by atoms with Gasteiger partial charge in [-0.2, -0.15) is 0 Å². The molecule has 2 aromatic carbocycles. The lowest BCUT2D eigenvalue weighted by molar-refractivity contribution is 0.420. The van der Waals surface area contributed by atoms with Crippen LogP contribution in [0.2, 0.25) is 0 Å². The Hall–Kier alpha value is -5.58. The van der Waals surface area contributed by atoms with Gasteiger partial charge < -0.3 is 10.6 Å². The maximum atomic E-state index is 4.79. The zero-order chi connectivity index (χ0) is 57.5. The fourth-order valence-corrected chi connectivity index (χ4v) is 11.3. The molecule has 3 aromatic rings. The normalized spacial score (nSPS) is 16.9. The molecule has 0 fully saturated rings. The van der Waals surface area contributed by atoms with Gasteiger partial charge in [-0.25, -0.2) is 0 Å². The average Bonchev–Trinajstić information content (AvgIpc) is 3.77. The highest BCUT2D eigenvalue weighted by Crippen LogP contribution is 2.42. The third-order valence-corrected chi connectivity index (χ3v) is 16.3. The van der Waals surface area contributed by atoms with Crippen LogP contribution >= 0.6 is 11.3 Å². The van der Waals surface area contributed by atoms with E-state index in [2.05, 4.69) is 252 Å². The van der Waals surface area contributed by atoms with Crippen molar-refractivity contribution < 1.29 is 0 Å². The number of thiophene rings is 1. The van der Waals surface area contributed by atoms with Gasteiger partial charge in [0.15, 0.2) is 0 Å². The standard InChI is InChI=1S/C73H101BN2S/c1-23-27-29-30-31-32-34-60(51(5)6)64(72(18,19)20)42-45-75-66(46-55(11)71(15,16)17)65(50-76-69(52(7)8)61(41-44-70(12,13)14)56(26-4)33-25-3)74(59-39-37-58(38-40-59)73(21,22)43-28-24-2)68-48-57-47-62-53(9)35-36-54(10)63(62)49-67(57)77-68/h23,25-27,29-34,37-42,45-51,53-54,75-76H,1,3-4,11,24,28,35-36,43-44H2,2,5-10,12-22H3/b29-27-,31-30+,34-32+,45-42+,56-33+,61-41-,64-60-,65-50-,66-46+. The van der Waals surface area contributed by atoms with Crippen LogP contribution in [0.3, 0.4) is 0 Å². The number of benzene rings is 2. The summed E-state index contributed by atoms with van der Waals surface area (Å²) in [6.07, 6.45) is 38.5. The minimum Gasteiger partial charge on any atom is -0.362 e. The molecule has 0 bridgehead atoms. The number of fused-ring (bicyclic) bond motifs is 2. The van der Waals surface area contributed by atoms with Crippen molar-refractivity contribution in [2.45, 2.75) is 180 Å². The van der Waals surface area contributed by atoms with Gasteiger partial charge in [-0.05, 0) is 170 Å². The number of hydrogen-bond acceptors (Lipinski definition) is 3. The van der Waals surface area contributed by atoms with E-state index >= 15 is 0 Å². The van der Waals surface area contributed by atoms with Crippen molar-refractivity contribution in [1.82, 2.24) is 10.6 Å². The number of nitrogens with one attached hydrogen (secondary N) is 2. The van der Waals surface area contributed by atoms with Crippen molar-refractivity contribution in [2.75, 3.05) is 0 Å². The van der Waals surface area contributed by atoms with E-state index in [1.807, 2.05) is 41.7 Å². The van der Waals surface area contributed by atoms with Crippen molar-refractivity contribution in [3.05, 3.63) is 227 Å². The van der Waals surface area contributed by atoms with Crippen LogP contribution in [0.25, 0.3) is 10.1 Å². The SMILES string of the molecule is C=C\C=C/C=C/C=C/C(=C(\C=C\NC(=C/C(=C)C(C)(C)C)/C(=C/NC(=C(C)C)C(=C\CC(C)(C)C)/C(C=C)=C/C=C)B(c1ccc(C(C)(C)CCCC)cc1)c1cc2cc3c(cc2s1)C(C)CCC3C)C(C)(C)C)C(C)C. The third-order valence-electron chi connectivity index (χ3n) is 15.2. The van der Waals surface area contributed by atoms with E-state index in [0.717, 1.165) is 46.4 Å². The fourth-order valence-electron chi connectivity index (χ4n) is 10.1. The first-order chi connectivity index (χ1) is 36.1. The minimum atomic E-state index is -0.205. The van der Waals surface area contributed by atoms with Crippen LogP contribution in [0.4, 0.5) is 0 Å². The van der Waals surface area contributed by atoms with Crippen LogP contribution in [0, 0.1) is 22.2 Å². The maximum absolute atomic E-state index is 4.79. The number of unbranched alkanes of at least 4 members (excludes halogenated alkanes) is 1. The van der Waals surface area contributed by atoms with Gasteiger partial charge in [-0.1, -0.05) is 252 Å². The first kappa shape index (κ1) is 64.0. The summed E-state index contributed by atoms with van der Waals surface area (Å²) in [7, 11) is 0. The van der Waals surface area contributed by atoms with E-state index in [9.17, 15) is 0 Å². The molecule has 412 valence electrons. The van der Waals surface area contributed by atoms with Crippen LogP contribution in [-0.4, -0.2) is 6.71 Å². The second kappa shape index (κ2) is 28.3. The minimum absolute atomic E-state index is 0.0489. The third kappa shape index (κ3) is 18.2. The Balaban J connectivity index is 2.23. The Kier molecular flexibility index (Phi) is 23.5. The summed E-state index contributed by atoms with van der Waals surface area (Å²) < 4.78 is 2.64. The van der Waals surface area contributed by atoms with Crippen molar-refractivity contribution in [3.8, 4) is 0 Å². The van der Waals surface area contributed by atoms with Crippen molar-refractivity contribution in [3.63, 3.8) is 0 Å². The number of hydrogen-bond donors (Lipinski definition) is 2. The molecule has 1 heterocycles. The van der Waals surface area contributed by atoms with Crippen LogP contribution < -0.4 is 20.9 Å². The van der Waals surface area contributed by atoms with Crippen LogP contribution in [0.1, 0.15) is 192 Å². The van der Waals surface area contributed by atoms with Crippen LogP contribution in [0.5, 0.6) is 0 Å². The predicted octanol–water partition coefficient (Wildman–Crippen LogP) is 20.4. The highest BCUT2D eigenvalue weighted by molar-refractivity contribution is 7.31. The molecule has 1 aliphatic carbocycles. The number of rotatable bonds is 24. The van der Waals surface area contributed by atoms with Gasteiger partial charge in [0, 0.05) is 27.9 Å². The van der Waals surface area contributed by atoms with E-state index in [-0.39, 0.29) is 28.4 Å². The van der Waals surface area contributed by atoms with E-state index in [1.54, 1.807) is 6.08 Å². The molecule has 1 aliphatic rings. The lowest BCUT2D eigenvalue weighted by Gasteiger charge is -2.28. The summed E-state index contributed by atoms with van der Waals surface area (Å²) in [6.45, 7) is 58.4. The van der Waals surface area contributed by atoms with Gasteiger partial charge >= 0.3 is 0 Å². The van der Waals surface area contributed by atoms with Gasteiger partial charge in [-0.15, -0.1) is 11.3 Å². The molecule has 0 saturated carbocycles. The van der Waals surface area contributed by atoms with Crippen molar-refractivity contribution >= 4 is 38.4 Å². The first-order valence-electron chi connectivity index (χ1n) is 28.8. The molecule has 0 saturated heterocycles. The van der Waals surface area contributed by atoms with Crippen LogP contribution in [-0.2, 0) is 5.41 Å². The van der Waals surface area contributed by atoms with Crippen LogP contribution in [0.15, 0.2) is 210 Å². The largest absolute Gasteiger partial charge is 0.362 e. The molecule has 4 heteroatoms. The Morgan fingerprint density at radius 2 is 1.40 bits per heavy atom. The summed E-state index contributed by atoms with van der Waals surface area (Å²) in [5, 5.41) is 9.38. The van der Waals surface area contributed by atoms with E-state index < -0.39 is 0 Å². The predicted molar refractivity (Wildman–Crippen MR) is 350 cm³/mol. The average molecular weight is 1050 g/mol. The molecule has 2 N–H and O–H groups in total. The van der Waals surface area contributed by atoms with Gasteiger partial charge in [0.2, 0.25) is 0 Å². The van der Waals surface area contributed by atoms with Gasteiger partial charge in [0.05, 0.1) is 0 Å². The fraction of sp³-hybridized carbons (Fsp3) is 0.425. The Labute approximate surface area is 476 Å². The van der Waals surface area contributed by atoms with E-state index in [0.29, 0.717) is 17.8 Å². The Bertz CT molecular complexity index is 2810. The molecular weight excluding hydrogens is 948 g/mol. The second-order valence-corrected chi connectivity index (χ2v) is 27.2. The highest BCUT2D eigenvalue weighted by atomic mass is 32.1. The molecule has 4 rings (SSSR count). The molecular formula is C73H101BN2S. The lowest BCUT2D eigenvalue weighted by atomic mass is 9.38. The Morgan fingerprint density at radius 1 is 0.779 bits per heavy atom. The van der Waals surface area contributed by atoms with Crippen molar-refractivity contribution in [1.29, 1.82) is 0 Å². The smallest absolute Gasteiger partial charge is 0.258 e. The van der Waals surface area contributed by atoms with E-state index in [1.165, 1.54) is 79.4 Å². The summed E-state index contributed by atoms with van der Waals surface area (Å²) >= 11 is 1.94. The lowest BCUT2D eigenvalue weighted by Crippen LogP contribution is -2.45. The molecule has 2 atom stereocenters. The molecule has 77 heavy (non-hydrogen) atoms. The topological polar surface area (TPSA) is 24.1 Å². The summed E-state index contributed by atoms with van der Waals surface area (Å²) in [5.74, 6) is 1.37.